The third-order valence-corrected chi connectivity index (χ3v) is 7.01. The van der Waals surface area contributed by atoms with Gasteiger partial charge in [-0.05, 0) is 45.6 Å². The van der Waals surface area contributed by atoms with Gasteiger partial charge in [0.2, 0.25) is 0 Å². The Labute approximate surface area is 176 Å². The summed E-state index contributed by atoms with van der Waals surface area (Å²) >= 11 is 0. The van der Waals surface area contributed by atoms with Gasteiger partial charge in [0.25, 0.3) is 0 Å². The summed E-state index contributed by atoms with van der Waals surface area (Å²) < 4.78 is 28.1. The maximum atomic E-state index is 12.5. The zero-order valence-corrected chi connectivity index (χ0v) is 18.8. The molecule has 1 aromatic carbocycles. The number of nitrogens with zero attached hydrogens (tertiary/aromatic N) is 1. The third kappa shape index (κ3) is 4.86. The predicted molar refractivity (Wildman–Crippen MR) is 111 cm³/mol. The van der Waals surface area contributed by atoms with Crippen LogP contribution in [0.1, 0.15) is 60.7 Å². The average Bonchev–Trinajstić information content (AvgIpc) is 3.09. The monoisotopic (exact) mass is 437 g/mol. The highest BCUT2D eigenvalue weighted by molar-refractivity contribution is 7.54. The van der Waals surface area contributed by atoms with Crippen molar-refractivity contribution in [2.75, 3.05) is 7.11 Å². The zero-order valence-electron chi connectivity index (χ0n) is 17.9. The van der Waals surface area contributed by atoms with Crippen molar-refractivity contribution in [1.82, 2.24) is 0 Å². The molecule has 3 atom stereocenters. The molecule has 3 unspecified atom stereocenters. The minimum absolute atomic E-state index is 0.0375. The lowest BCUT2D eigenvalue weighted by Crippen LogP contribution is -2.14. The lowest BCUT2D eigenvalue weighted by Gasteiger charge is -2.21. The number of methoxy groups -OCH3 is 1. The van der Waals surface area contributed by atoms with Crippen molar-refractivity contribution >= 4 is 13.6 Å². The van der Waals surface area contributed by atoms with Crippen molar-refractivity contribution < 1.29 is 33.4 Å². The summed E-state index contributed by atoms with van der Waals surface area (Å²) in [4.78, 5) is 22.2. The smallest absolute Gasteiger partial charge is 0.345 e. The Balaban J connectivity index is 2.28. The van der Waals surface area contributed by atoms with Crippen LogP contribution in [0.4, 0.5) is 0 Å². The number of carbonyl (C=O) groups is 1. The molecular formula is C21H28NO7P. The molecule has 0 aliphatic carbocycles. The van der Waals surface area contributed by atoms with E-state index in [9.17, 15) is 24.6 Å². The standard InChI is InChI=1S/C21H28NO7P/c1-6-13(3)29-30(25,26)15(10-22)9-12(2)7-8-16-19(23)18-17(11-28-21(18)24)14(4)20(16)27-5/h7,13,15,23H,6,8-9,11H2,1-5H3,(H,25,26). The Morgan fingerprint density at radius 3 is 2.70 bits per heavy atom. The van der Waals surface area contributed by atoms with Crippen molar-refractivity contribution in [1.29, 1.82) is 5.26 Å². The highest BCUT2D eigenvalue weighted by Gasteiger charge is 2.35. The number of esters is 1. The summed E-state index contributed by atoms with van der Waals surface area (Å²) in [5.74, 6) is -0.315. The van der Waals surface area contributed by atoms with Gasteiger partial charge in [0.1, 0.15) is 23.7 Å². The molecule has 0 spiro atoms. The van der Waals surface area contributed by atoms with E-state index in [2.05, 4.69) is 0 Å². The van der Waals surface area contributed by atoms with Crippen molar-refractivity contribution in [3.05, 3.63) is 33.9 Å². The van der Waals surface area contributed by atoms with Crippen molar-refractivity contribution in [3.63, 3.8) is 0 Å². The van der Waals surface area contributed by atoms with Crippen LogP contribution >= 0.6 is 7.60 Å². The van der Waals surface area contributed by atoms with Gasteiger partial charge in [0.15, 0.2) is 5.66 Å². The van der Waals surface area contributed by atoms with E-state index in [-0.39, 0.29) is 30.8 Å². The summed E-state index contributed by atoms with van der Waals surface area (Å²) in [6.45, 7) is 7.11. The van der Waals surface area contributed by atoms with Crippen LogP contribution in [0.15, 0.2) is 11.6 Å². The fourth-order valence-corrected chi connectivity index (χ4v) is 4.81. The van der Waals surface area contributed by atoms with Gasteiger partial charge in [0, 0.05) is 11.1 Å². The number of carbonyl (C=O) groups excluding carboxylic acids is 1. The van der Waals surface area contributed by atoms with Crippen LogP contribution in [0.2, 0.25) is 0 Å². The van der Waals surface area contributed by atoms with Gasteiger partial charge < -0.3 is 24.0 Å². The van der Waals surface area contributed by atoms with Gasteiger partial charge in [0.05, 0.1) is 19.3 Å². The Bertz CT molecular complexity index is 948. The van der Waals surface area contributed by atoms with E-state index in [1.165, 1.54) is 7.11 Å². The van der Waals surface area contributed by atoms with Crippen LogP contribution in [0.5, 0.6) is 11.5 Å². The number of hydrogen-bond donors (Lipinski definition) is 2. The van der Waals surface area contributed by atoms with Gasteiger partial charge in [-0.25, -0.2) is 4.79 Å². The fraction of sp³-hybridized carbons (Fsp3) is 0.524. The van der Waals surface area contributed by atoms with Gasteiger partial charge in [-0.2, -0.15) is 5.26 Å². The van der Waals surface area contributed by atoms with Gasteiger partial charge >= 0.3 is 13.6 Å². The molecule has 0 radical (unpaired) electrons. The van der Waals surface area contributed by atoms with Gasteiger partial charge in [-0.15, -0.1) is 0 Å². The van der Waals surface area contributed by atoms with E-state index in [0.29, 0.717) is 34.4 Å². The Morgan fingerprint density at radius 2 is 2.13 bits per heavy atom. The number of phenolic OH excluding ortho intramolecular Hbond substituents is 1. The quantitative estimate of drug-likeness (QED) is 0.335. The Morgan fingerprint density at radius 1 is 1.47 bits per heavy atom. The molecule has 8 nitrogen and oxygen atoms in total. The largest absolute Gasteiger partial charge is 0.507 e. The number of hydrogen-bond acceptors (Lipinski definition) is 7. The summed E-state index contributed by atoms with van der Waals surface area (Å²) in [7, 11) is -2.64. The zero-order chi connectivity index (χ0) is 22.6. The SMILES string of the molecule is CCC(C)OP(=O)(O)C(C#N)CC(C)=CCc1c(O)c2c(c(C)c1OC)COC2=O. The van der Waals surface area contributed by atoms with Crippen LogP contribution in [-0.4, -0.2) is 34.8 Å². The molecule has 1 aliphatic heterocycles. The second kappa shape index (κ2) is 9.65. The summed E-state index contributed by atoms with van der Waals surface area (Å²) in [5.41, 5.74) is 1.36. The predicted octanol–water partition coefficient (Wildman–Crippen LogP) is 4.15. The van der Waals surface area contributed by atoms with E-state index in [1.807, 2.05) is 13.0 Å². The molecule has 1 heterocycles. The molecule has 2 N–H and O–H groups in total. The van der Waals surface area contributed by atoms with Crippen molar-refractivity contribution in [2.24, 2.45) is 0 Å². The van der Waals surface area contributed by atoms with E-state index in [1.54, 1.807) is 26.8 Å². The summed E-state index contributed by atoms with van der Waals surface area (Å²) in [6, 6.07) is 1.87. The normalized spacial score (nSPS) is 17.5. The van der Waals surface area contributed by atoms with Crippen LogP contribution in [-0.2, 0) is 26.9 Å². The second-order valence-electron chi connectivity index (χ2n) is 7.41. The average molecular weight is 437 g/mol. The molecule has 1 aromatic rings. The number of allylic oxidation sites excluding steroid dienone is 2. The number of phenols is 1. The summed E-state index contributed by atoms with van der Waals surface area (Å²) in [6.07, 6.45) is 2.10. The highest BCUT2D eigenvalue weighted by atomic mass is 31.2. The first-order valence-electron chi connectivity index (χ1n) is 9.71. The number of nitriles is 1. The first-order chi connectivity index (χ1) is 14.1. The van der Waals surface area contributed by atoms with E-state index < -0.39 is 25.3 Å². The number of cyclic esters (lactones) is 1. The van der Waals surface area contributed by atoms with Crippen LogP contribution in [0, 0.1) is 18.3 Å². The number of benzene rings is 1. The number of fused-ring (bicyclic) bond motifs is 1. The first-order valence-corrected chi connectivity index (χ1v) is 11.4. The molecule has 0 fully saturated rings. The Kier molecular flexibility index (Phi) is 7.70. The molecule has 9 heteroatoms. The molecule has 30 heavy (non-hydrogen) atoms. The topological polar surface area (TPSA) is 126 Å². The maximum Gasteiger partial charge on any atom is 0.345 e. The molecule has 2 rings (SSSR count). The minimum atomic E-state index is -4.11. The molecular weight excluding hydrogens is 409 g/mol. The number of ether oxygens (including phenoxy) is 2. The molecule has 0 saturated heterocycles. The third-order valence-electron chi connectivity index (χ3n) is 5.27. The van der Waals surface area contributed by atoms with Crippen LogP contribution in [0.25, 0.3) is 0 Å². The Hall–Kier alpha value is -2.33. The summed E-state index contributed by atoms with van der Waals surface area (Å²) in [5, 5.41) is 20.0. The van der Waals surface area contributed by atoms with Crippen LogP contribution < -0.4 is 4.74 Å². The molecule has 164 valence electrons. The maximum absolute atomic E-state index is 12.5. The van der Waals surface area contributed by atoms with E-state index in [0.717, 1.165) is 0 Å². The van der Waals surface area contributed by atoms with E-state index in [4.69, 9.17) is 14.0 Å². The van der Waals surface area contributed by atoms with Gasteiger partial charge in [-0.1, -0.05) is 18.6 Å². The molecule has 0 bridgehead atoms. The van der Waals surface area contributed by atoms with Crippen molar-refractivity contribution in [3.8, 4) is 17.6 Å². The molecule has 0 saturated carbocycles. The number of aromatic hydroxyl groups is 1. The fourth-order valence-electron chi connectivity index (χ4n) is 3.33. The van der Waals surface area contributed by atoms with Gasteiger partial charge in [-0.3, -0.25) is 4.57 Å². The molecule has 0 aromatic heterocycles. The lowest BCUT2D eigenvalue weighted by atomic mass is 9.94. The van der Waals surface area contributed by atoms with Crippen LogP contribution in [0.3, 0.4) is 0 Å². The molecule has 0 amide bonds. The molecule has 1 aliphatic rings. The lowest BCUT2D eigenvalue weighted by molar-refractivity contribution is 0.0532. The minimum Gasteiger partial charge on any atom is -0.507 e. The highest BCUT2D eigenvalue weighted by Crippen LogP contribution is 2.51. The first kappa shape index (κ1) is 23.9. The van der Waals surface area contributed by atoms with Crippen molar-refractivity contribution in [2.45, 2.75) is 65.3 Å². The van der Waals surface area contributed by atoms with E-state index >= 15 is 0 Å². The number of rotatable bonds is 9. The second-order valence-corrected chi connectivity index (χ2v) is 9.37.